The zero-order valence-electron chi connectivity index (χ0n) is 9.50. The van der Waals surface area contributed by atoms with Crippen molar-refractivity contribution in [1.82, 2.24) is 4.57 Å². The van der Waals surface area contributed by atoms with E-state index in [1.54, 1.807) is 0 Å². The predicted molar refractivity (Wildman–Crippen MR) is 55.4 cm³/mol. The van der Waals surface area contributed by atoms with Gasteiger partial charge in [0.25, 0.3) is 0 Å². The van der Waals surface area contributed by atoms with Crippen molar-refractivity contribution >= 4 is 11.6 Å². The molecule has 0 N–H and O–H groups in total. The highest BCUT2D eigenvalue weighted by atomic mass is 35.5. The van der Waals surface area contributed by atoms with Gasteiger partial charge in [0.15, 0.2) is 6.20 Å². The number of nitrogens with zero attached hydrogens (tertiary/aromatic N) is 2. The van der Waals surface area contributed by atoms with E-state index in [1.165, 1.54) is 25.7 Å². The molecule has 0 saturated carbocycles. The van der Waals surface area contributed by atoms with Crippen molar-refractivity contribution in [2.75, 3.05) is 0 Å². The minimum atomic E-state index is 0. The van der Waals surface area contributed by atoms with Crippen LogP contribution in [0.15, 0.2) is 10.6 Å². The number of aryl methyl sites for hydroxylation is 2. The number of imidazole rings is 1. The third-order valence-corrected chi connectivity index (χ3v) is 2.65. The second kappa shape index (κ2) is 5.40. The summed E-state index contributed by atoms with van der Waals surface area (Å²) in [6, 6.07) is 0. The van der Waals surface area contributed by atoms with Crippen LogP contribution in [0.1, 0.15) is 39.5 Å². The van der Waals surface area contributed by atoms with E-state index < -0.39 is 0 Å². The van der Waals surface area contributed by atoms with Gasteiger partial charge in [0.05, 0.1) is 13.1 Å². The normalized spacial score (nSPS) is 11.1. The molecule has 3 heterocycles. The second-order valence-corrected chi connectivity index (χ2v) is 3.90. The van der Waals surface area contributed by atoms with E-state index >= 15 is 0 Å². The van der Waals surface area contributed by atoms with Gasteiger partial charge in [0.1, 0.15) is 0 Å². The average molecular weight is 231 g/mol. The molecule has 0 amide bonds. The average Bonchev–Trinajstić information content (AvgIpc) is 2.72. The van der Waals surface area contributed by atoms with Crippen LogP contribution in [-0.4, -0.2) is 4.57 Å². The number of halogens is 1. The van der Waals surface area contributed by atoms with Crippen molar-refractivity contribution in [1.29, 1.82) is 0 Å². The van der Waals surface area contributed by atoms with Gasteiger partial charge in [-0.3, -0.25) is 0 Å². The summed E-state index contributed by atoms with van der Waals surface area (Å²) in [5.74, 6) is 1.05. The Hall–Kier alpha value is -0.700. The van der Waals surface area contributed by atoms with Gasteiger partial charge in [0.2, 0.25) is 0 Å². The molecule has 0 aliphatic rings. The summed E-state index contributed by atoms with van der Waals surface area (Å²) in [5, 5.41) is 0. The molecule has 86 valence electrons. The molecule has 0 aromatic carbocycles. The predicted octanol–water partition coefficient (Wildman–Crippen LogP) is -0.436. The molecule has 3 aromatic heterocycles. The lowest BCUT2D eigenvalue weighted by atomic mass is 10.2. The molecule has 3 nitrogen and oxygen atoms in total. The fourth-order valence-electron chi connectivity index (χ4n) is 1.88. The lowest BCUT2D eigenvalue weighted by Crippen LogP contribution is -3.00. The van der Waals surface area contributed by atoms with Gasteiger partial charge in [-0.1, -0.05) is 20.3 Å². The maximum atomic E-state index is 5.49. The number of hydrogen-bond donors (Lipinski definition) is 0. The number of oxazole rings is 1. The Bertz CT molecular complexity index is 380. The molecule has 3 aromatic rings. The van der Waals surface area contributed by atoms with E-state index in [0.29, 0.717) is 0 Å². The topological polar surface area (TPSA) is 21.9 Å². The summed E-state index contributed by atoms with van der Waals surface area (Å²) in [6.45, 7) is 6.62. The Morgan fingerprint density at radius 1 is 1.27 bits per heavy atom. The zero-order chi connectivity index (χ0) is 9.97. The minimum absolute atomic E-state index is 0. The molecule has 0 aliphatic carbocycles. The summed E-state index contributed by atoms with van der Waals surface area (Å²) >= 11 is 0. The monoisotopic (exact) mass is 230 g/mol. The minimum Gasteiger partial charge on any atom is -1.00 e. The van der Waals surface area contributed by atoms with Crippen molar-refractivity contribution in [3.8, 4) is 0 Å². The van der Waals surface area contributed by atoms with Crippen LogP contribution in [0.4, 0.5) is 0 Å². The molecule has 0 fully saturated rings. The van der Waals surface area contributed by atoms with Crippen LogP contribution in [0, 0.1) is 0 Å². The fourth-order valence-corrected chi connectivity index (χ4v) is 1.88. The van der Waals surface area contributed by atoms with Crippen molar-refractivity contribution in [3.05, 3.63) is 6.20 Å². The summed E-state index contributed by atoms with van der Waals surface area (Å²) in [6.07, 6.45) is 7.14. The highest BCUT2D eigenvalue weighted by Gasteiger charge is 2.26. The first kappa shape index (κ1) is 12.4. The molecule has 0 unspecified atom stereocenters. The second-order valence-electron chi connectivity index (χ2n) is 3.90. The van der Waals surface area contributed by atoms with Gasteiger partial charge in [0, 0.05) is 0 Å². The molecule has 4 heteroatoms. The molecule has 0 radical (unpaired) electrons. The van der Waals surface area contributed by atoms with Gasteiger partial charge in [-0.05, 0) is 19.3 Å². The number of hydrogen-bond acceptors (Lipinski definition) is 1. The molecule has 0 saturated heterocycles. The van der Waals surface area contributed by atoms with E-state index in [2.05, 4.69) is 29.2 Å². The Balaban J connectivity index is 0.00000112. The Kier molecular flexibility index (Phi) is 4.45. The first-order chi connectivity index (χ1) is 6.86. The van der Waals surface area contributed by atoms with E-state index in [1.807, 2.05) is 0 Å². The largest absolute Gasteiger partial charge is 1.00 e. The van der Waals surface area contributed by atoms with Crippen LogP contribution >= 0.6 is 0 Å². The van der Waals surface area contributed by atoms with Crippen molar-refractivity contribution < 1.29 is 21.4 Å². The number of unbranched alkanes of at least 4 members (excludes halogenated alkanes) is 2. The quantitative estimate of drug-likeness (QED) is 0.488. The zero-order valence-corrected chi connectivity index (χ0v) is 10.3. The molecule has 2 bridgehead atoms. The molecular weight excluding hydrogens is 212 g/mol. The van der Waals surface area contributed by atoms with Crippen molar-refractivity contribution in [2.24, 2.45) is 0 Å². The van der Waals surface area contributed by atoms with E-state index in [-0.39, 0.29) is 12.4 Å². The number of aromatic nitrogens is 2. The van der Waals surface area contributed by atoms with E-state index in [0.717, 1.165) is 24.6 Å². The van der Waals surface area contributed by atoms with Gasteiger partial charge < -0.3 is 16.8 Å². The van der Waals surface area contributed by atoms with Gasteiger partial charge in [-0.25, -0.2) is 0 Å². The van der Waals surface area contributed by atoms with Gasteiger partial charge in [-0.15, -0.1) is 0 Å². The van der Waals surface area contributed by atoms with E-state index in [9.17, 15) is 0 Å². The summed E-state index contributed by atoms with van der Waals surface area (Å²) in [4.78, 5) is 0. The Labute approximate surface area is 96.8 Å². The van der Waals surface area contributed by atoms with Crippen molar-refractivity contribution in [2.45, 2.75) is 52.6 Å². The fraction of sp³-hybridized carbons (Fsp3) is 0.727. The van der Waals surface area contributed by atoms with Gasteiger partial charge >= 0.3 is 11.6 Å². The maximum Gasteiger partial charge on any atom is 0.467 e. The van der Waals surface area contributed by atoms with Crippen LogP contribution in [-0.2, 0) is 13.1 Å². The molecule has 15 heavy (non-hydrogen) atoms. The summed E-state index contributed by atoms with van der Waals surface area (Å²) < 4.78 is 9.98. The van der Waals surface area contributed by atoms with Crippen LogP contribution in [0.25, 0.3) is 11.6 Å². The lowest BCUT2D eigenvalue weighted by molar-refractivity contribution is -0.674. The van der Waals surface area contributed by atoms with Crippen LogP contribution in [0.5, 0.6) is 0 Å². The maximum absolute atomic E-state index is 5.49. The number of rotatable bonds is 6. The lowest BCUT2D eigenvalue weighted by Gasteiger charge is -1.99. The summed E-state index contributed by atoms with van der Waals surface area (Å²) in [7, 11) is 0. The van der Waals surface area contributed by atoms with E-state index in [4.69, 9.17) is 4.42 Å². The third kappa shape index (κ3) is 2.28. The standard InChI is InChI=1S/C11H19N2O.ClH/c1-3-5-6-8-12-9-10-13(7-4-2)11(12)14-10;/h9H,3-8H2,1-2H3;1H/q+1;/p-1. The van der Waals surface area contributed by atoms with Crippen molar-refractivity contribution in [3.63, 3.8) is 0 Å². The third-order valence-electron chi connectivity index (χ3n) is 2.65. The Morgan fingerprint density at radius 3 is 2.73 bits per heavy atom. The SMILES string of the molecule is CCCCC[n+]1cc2oc1n2CCC.[Cl-]. The van der Waals surface area contributed by atoms with Crippen LogP contribution in [0.2, 0.25) is 0 Å². The molecule has 0 atom stereocenters. The highest BCUT2D eigenvalue weighted by Crippen LogP contribution is 2.16. The van der Waals surface area contributed by atoms with Crippen LogP contribution < -0.4 is 17.0 Å². The number of fused-ring (bicyclic) bond motifs is 1. The molecule has 0 aliphatic heterocycles. The Morgan fingerprint density at radius 2 is 2.07 bits per heavy atom. The molecule has 3 rings (SSSR count). The summed E-state index contributed by atoms with van der Waals surface area (Å²) in [5.41, 5.74) is 1.04. The first-order valence-electron chi connectivity index (χ1n) is 5.67. The van der Waals surface area contributed by atoms with Gasteiger partial charge in [-0.2, -0.15) is 9.13 Å². The smallest absolute Gasteiger partial charge is 0.467 e. The molecule has 0 spiro atoms. The first-order valence-corrected chi connectivity index (χ1v) is 5.67. The van der Waals surface area contributed by atoms with Crippen LogP contribution in [0.3, 0.4) is 0 Å². The molecular formula is C11H19ClN2O. The highest BCUT2D eigenvalue weighted by molar-refractivity contribution is 5.43.